The van der Waals surface area contributed by atoms with Crippen molar-refractivity contribution in [3.8, 4) is 5.75 Å². The molecule has 0 unspecified atom stereocenters. The third kappa shape index (κ3) is 5.73. The number of morpholine rings is 1. The second-order valence-electron chi connectivity index (χ2n) is 9.25. The minimum atomic E-state index is -1.01. The quantitative estimate of drug-likeness (QED) is 0.401. The number of ether oxygens (including phenoxy) is 3. The molecule has 1 fully saturated rings. The van der Waals surface area contributed by atoms with Crippen LogP contribution in [0, 0.1) is 5.82 Å². The fourth-order valence-corrected chi connectivity index (χ4v) is 3.96. The Bertz CT molecular complexity index is 1310. The van der Waals surface area contributed by atoms with E-state index in [1.165, 1.54) is 0 Å². The van der Waals surface area contributed by atoms with Crippen molar-refractivity contribution in [2.45, 2.75) is 32.5 Å². The molecule has 1 amide bonds. The van der Waals surface area contributed by atoms with Gasteiger partial charge in [0.1, 0.15) is 11.6 Å². The number of nitrogens with zero attached hydrogens (tertiary/aromatic N) is 5. The Morgan fingerprint density at radius 2 is 2.05 bits per heavy atom. The van der Waals surface area contributed by atoms with Gasteiger partial charge in [0.05, 0.1) is 37.4 Å². The van der Waals surface area contributed by atoms with E-state index in [-0.39, 0.29) is 35.4 Å². The van der Waals surface area contributed by atoms with Gasteiger partial charge in [0.2, 0.25) is 5.95 Å². The molecule has 2 aliphatic heterocycles. The Morgan fingerprint density at radius 1 is 1.18 bits per heavy atom. The minimum Gasteiger partial charge on any atom is -0.474 e. The fourth-order valence-electron chi connectivity index (χ4n) is 3.96. The lowest BCUT2D eigenvalue weighted by Crippen LogP contribution is -2.46. The maximum absolute atomic E-state index is 14.5. The highest BCUT2D eigenvalue weighted by molar-refractivity contribution is 5.99. The Labute approximate surface area is 219 Å². The van der Waals surface area contributed by atoms with E-state index < -0.39 is 11.4 Å². The standard InChI is InChI=1S/C25H29FN8O4/c1-4-36-14-16-13-34(9-10-37-16)20-8-5-15(11-27-20)29-24-28-12-17(26)21(33-24)30-19-7-6-18-22(31-19)32-23(35)25(2,3)38-18/h5-8,11-12,16H,4,9-10,13-14H2,1-3H3,(H3,28,29,30,31,32,33,35)/t16-/m0/s1. The van der Waals surface area contributed by atoms with Crippen molar-refractivity contribution in [3.63, 3.8) is 0 Å². The summed E-state index contributed by atoms with van der Waals surface area (Å²) in [4.78, 5) is 31.4. The number of carbonyl (C=O) groups is 1. The number of hydrogen-bond acceptors (Lipinski definition) is 11. The van der Waals surface area contributed by atoms with Crippen molar-refractivity contribution in [2.75, 3.05) is 53.8 Å². The molecule has 12 nitrogen and oxygen atoms in total. The number of nitrogens with one attached hydrogen (secondary N) is 3. The number of amides is 1. The van der Waals surface area contributed by atoms with E-state index in [2.05, 4.69) is 40.8 Å². The first kappa shape index (κ1) is 25.5. The van der Waals surface area contributed by atoms with Crippen LogP contribution in [0.25, 0.3) is 0 Å². The van der Waals surface area contributed by atoms with Crippen LogP contribution >= 0.6 is 0 Å². The van der Waals surface area contributed by atoms with Crippen LogP contribution in [0.1, 0.15) is 20.8 Å². The van der Waals surface area contributed by atoms with E-state index in [9.17, 15) is 9.18 Å². The van der Waals surface area contributed by atoms with Crippen LogP contribution in [0.5, 0.6) is 5.75 Å². The van der Waals surface area contributed by atoms with Gasteiger partial charge in [-0.05, 0) is 45.0 Å². The van der Waals surface area contributed by atoms with E-state index in [0.717, 1.165) is 18.6 Å². The summed E-state index contributed by atoms with van der Waals surface area (Å²) >= 11 is 0. The monoisotopic (exact) mass is 524 g/mol. The number of carbonyl (C=O) groups excluding carboxylic acids is 1. The Morgan fingerprint density at radius 3 is 2.84 bits per heavy atom. The molecule has 0 bridgehead atoms. The van der Waals surface area contributed by atoms with Gasteiger partial charge >= 0.3 is 0 Å². The number of aromatic nitrogens is 4. The van der Waals surface area contributed by atoms with Gasteiger partial charge in [0.15, 0.2) is 28.8 Å². The van der Waals surface area contributed by atoms with E-state index >= 15 is 0 Å². The van der Waals surface area contributed by atoms with Crippen molar-refractivity contribution in [1.82, 2.24) is 19.9 Å². The Kier molecular flexibility index (Phi) is 7.20. The highest BCUT2D eigenvalue weighted by atomic mass is 19.1. The zero-order valence-corrected chi connectivity index (χ0v) is 21.3. The molecule has 13 heteroatoms. The van der Waals surface area contributed by atoms with Gasteiger partial charge in [-0.25, -0.2) is 19.3 Å². The second kappa shape index (κ2) is 10.7. The van der Waals surface area contributed by atoms with Crippen LogP contribution in [-0.4, -0.2) is 70.5 Å². The van der Waals surface area contributed by atoms with Gasteiger partial charge in [-0.2, -0.15) is 4.98 Å². The maximum atomic E-state index is 14.5. The van der Waals surface area contributed by atoms with Crippen LogP contribution in [0.2, 0.25) is 0 Å². The van der Waals surface area contributed by atoms with Crippen LogP contribution < -0.4 is 25.6 Å². The molecule has 5 heterocycles. The molecule has 3 aromatic rings. The third-order valence-corrected chi connectivity index (χ3v) is 5.97. The minimum absolute atomic E-state index is 0.00193. The van der Waals surface area contributed by atoms with Crippen LogP contribution in [0.15, 0.2) is 36.7 Å². The topological polar surface area (TPSA) is 136 Å². The summed E-state index contributed by atoms with van der Waals surface area (Å²) in [7, 11) is 0. The molecule has 0 radical (unpaired) electrons. The lowest BCUT2D eigenvalue weighted by molar-refractivity contribution is -0.129. The summed E-state index contributed by atoms with van der Waals surface area (Å²) in [5.41, 5.74) is -0.371. The lowest BCUT2D eigenvalue weighted by Gasteiger charge is -2.33. The van der Waals surface area contributed by atoms with Crippen molar-refractivity contribution < 1.29 is 23.4 Å². The predicted octanol–water partition coefficient (Wildman–Crippen LogP) is 3.24. The molecule has 1 saturated heterocycles. The van der Waals surface area contributed by atoms with Crippen LogP contribution in [0.3, 0.4) is 0 Å². The number of rotatable bonds is 8. The summed E-state index contributed by atoms with van der Waals surface area (Å²) in [6, 6.07) is 6.99. The van der Waals surface area contributed by atoms with Gasteiger partial charge in [-0.1, -0.05) is 0 Å². The molecule has 3 N–H and O–H groups in total. The second-order valence-corrected chi connectivity index (χ2v) is 9.25. The summed E-state index contributed by atoms with van der Waals surface area (Å²) in [6.07, 6.45) is 2.72. The first-order chi connectivity index (χ1) is 18.3. The highest BCUT2D eigenvalue weighted by Gasteiger charge is 2.36. The van der Waals surface area contributed by atoms with Gasteiger partial charge in [-0.15, -0.1) is 0 Å². The lowest BCUT2D eigenvalue weighted by atomic mass is 10.1. The molecule has 200 valence electrons. The molecule has 2 aliphatic rings. The maximum Gasteiger partial charge on any atom is 0.269 e. The molecule has 5 rings (SSSR count). The van der Waals surface area contributed by atoms with E-state index in [4.69, 9.17) is 14.2 Å². The normalized spacial score (nSPS) is 18.3. The zero-order chi connectivity index (χ0) is 26.7. The first-order valence-electron chi connectivity index (χ1n) is 12.3. The Hall–Kier alpha value is -4.10. The number of hydrogen-bond donors (Lipinski definition) is 3. The molecular weight excluding hydrogens is 495 g/mol. The predicted molar refractivity (Wildman–Crippen MR) is 139 cm³/mol. The Balaban J connectivity index is 1.25. The fraction of sp³-hybridized carbons (Fsp3) is 0.400. The smallest absolute Gasteiger partial charge is 0.269 e. The number of pyridine rings is 2. The summed E-state index contributed by atoms with van der Waals surface area (Å²) in [5, 5.41) is 8.56. The number of halogens is 1. The SMILES string of the molecule is CCOC[C@@H]1CN(c2ccc(Nc3ncc(F)c(Nc4ccc5c(n4)NC(=O)C(C)(C)O5)n3)cn2)CCO1. The summed E-state index contributed by atoms with van der Waals surface area (Å²) in [6.45, 7) is 8.51. The molecule has 38 heavy (non-hydrogen) atoms. The third-order valence-electron chi connectivity index (χ3n) is 5.97. The van der Waals surface area contributed by atoms with Gasteiger partial charge in [0.25, 0.3) is 5.91 Å². The molecule has 3 aromatic heterocycles. The van der Waals surface area contributed by atoms with Crippen LogP contribution in [0.4, 0.5) is 39.3 Å². The van der Waals surface area contributed by atoms with Crippen LogP contribution in [-0.2, 0) is 14.3 Å². The van der Waals surface area contributed by atoms with E-state index in [1.807, 2.05) is 19.1 Å². The number of fused-ring (bicyclic) bond motifs is 1. The van der Waals surface area contributed by atoms with Gasteiger partial charge < -0.3 is 35.1 Å². The number of anilines is 6. The van der Waals surface area contributed by atoms with Gasteiger partial charge in [-0.3, -0.25) is 4.79 Å². The molecule has 0 saturated carbocycles. The van der Waals surface area contributed by atoms with Crippen molar-refractivity contribution in [1.29, 1.82) is 0 Å². The largest absolute Gasteiger partial charge is 0.474 e. The van der Waals surface area contributed by atoms with Gasteiger partial charge in [0, 0.05) is 19.7 Å². The van der Waals surface area contributed by atoms with Crippen molar-refractivity contribution in [2.24, 2.45) is 0 Å². The molecule has 0 spiro atoms. The zero-order valence-electron chi connectivity index (χ0n) is 21.3. The molecule has 0 aliphatic carbocycles. The average molecular weight is 525 g/mol. The molecule has 1 atom stereocenters. The average Bonchev–Trinajstić information content (AvgIpc) is 2.91. The van der Waals surface area contributed by atoms with E-state index in [1.54, 1.807) is 32.2 Å². The summed E-state index contributed by atoms with van der Waals surface area (Å²) in [5.74, 6) is 0.841. The highest BCUT2D eigenvalue weighted by Crippen LogP contribution is 2.33. The molecular formula is C25H29FN8O4. The molecule has 0 aromatic carbocycles. The first-order valence-corrected chi connectivity index (χ1v) is 12.3. The summed E-state index contributed by atoms with van der Waals surface area (Å²) < 4.78 is 31.4. The van der Waals surface area contributed by atoms with E-state index in [0.29, 0.717) is 37.8 Å². The van der Waals surface area contributed by atoms with Crippen molar-refractivity contribution in [3.05, 3.63) is 42.5 Å². The van der Waals surface area contributed by atoms with Crippen molar-refractivity contribution >= 4 is 40.8 Å².